The molecule has 0 bridgehead atoms. The first-order valence-electron chi connectivity index (χ1n) is 18.3. The van der Waals surface area contributed by atoms with Crippen LogP contribution in [0, 0.1) is 0 Å². The highest BCUT2D eigenvalue weighted by molar-refractivity contribution is 6.03. The number of methoxy groups -OCH3 is 1. The van der Waals surface area contributed by atoms with Crippen molar-refractivity contribution in [1.29, 1.82) is 0 Å². The van der Waals surface area contributed by atoms with Gasteiger partial charge in [-0.05, 0) is 58.7 Å². The number of phenolic OH excluding ortho intramolecular Hbond substituents is 8. The Kier molecular flexibility index (Phi) is 7.47. The largest absolute Gasteiger partial charge is 0.508 e. The average molecular weight is 811 g/mol. The summed E-state index contributed by atoms with van der Waals surface area (Å²) in [5.41, 5.74) is -3.00. The third-order valence-corrected chi connectivity index (χ3v) is 11.4. The van der Waals surface area contributed by atoms with Crippen LogP contribution in [0.5, 0.6) is 74.7 Å². The standard InChI is InChI=1S/C45H30O15/c1-56-38-30(53)13-22(35-39(38)60-43(55)45(35)37-29(52)15-27(50)18-33(37)58-41(45)20-6-10-24(47)11-7-20)3-2-21-12-25(48)16-31-34(21)44(42(54)59-31)36-28(51)14-26(49)17-32(36)57-40(44)19-4-8-23(46)9-5-19/h2-18,40-41,46-53H,1H3/b3-2-/t40-,41+,44+,45+/m0/s1. The number of esters is 2. The van der Waals surface area contributed by atoms with Crippen LogP contribution >= 0.6 is 0 Å². The van der Waals surface area contributed by atoms with E-state index in [1.54, 1.807) is 0 Å². The summed E-state index contributed by atoms with van der Waals surface area (Å²) in [5, 5.41) is 86.5. The zero-order chi connectivity index (χ0) is 42.0. The molecule has 300 valence electrons. The van der Waals surface area contributed by atoms with E-state index in [1.165, 1.54) is 98.1 Å². The Morgan fingerprint density at radius 3 is 1.47 bits per heavy atom. The molecule has 0 fully saturated rings. The van der Waals surface area contributed by atoms with Gasteiger partial charge in [0.2, 0.25) is 5.75 Å². The number of carbonyl (C=O) groups is 2. The summed E-state index contributed by atoms with van der Waals surface area (Å²) in [6.07, 6.45) is 0.367. The lowest BCUT2D eigenvalue weighted by molar-refractivity contribution is -0.139. The van der Waals surface area contributed by atoms with Gasteiger partial charge >= 0.3 is 11.9 Å². The second-order valence-corrected chi connectivity index (χ2v) is 14.7. The summed E-state index contributed by atoms with van der Waals surface area (Å²) in [7, 11) is 1.25. The van der Waals surface area contributed by atoms with Crippen molar-refractivity contribution in [3.63, 3.8) is 0 Å². The second-order valence-electron chi connectivity index (χ2n) is 14.7. The van der Waals surface area contributed by atoms with Crippen molar-refractivity contribution in [1.82, 2.24) is 0 Å². The Morgan fingerprint density at radius 1 is 0.500 bits per heavy atom. The Bertz CT molecular complexity index is 2900. The van der Waals surface area contributed by atoms with Crippen LogP contribution in [0.25, 0.3) is 12.2 Å². The maximum atomic E-state index is 14.6. The molecule has 4 heterocycles. The number of phenols is 8. The zero-order valence-electron chi connectivity index (χ0n) is 30.9. The van der Waals surface area contributed by atoms with Crippen molar-refractivity contribution >= 4 is 24.1 Å². The van der Waals surface area contributed by atoms with Gasteiger partial charge in [-0.1, -0.05) is 36.4 Å². The molecule has 8 N–H and O–H groups in total. The van der Waals surface area contributed by atoms with E-state index in [4.69, 9.17) is 23.7 Å². The summed E-state index contributed by atoms with van der Waals surface area (Å²) in [6, 6.07) is 20.0. The van der Waals surface area contributed by atoms with Gasteiger partial charge in [-0.2, -0.15) is 0 Å². The summed E-state index contributed by atoms with van der Waals surface area (Å²) in [6.45, 7) is 0. The van der Waals surface area contributed by atoms with Gasteiger partial charge in [-0.3, -0.25) is 9.59 Å². The molecule has 6 aromatic carbocycles. The lowest BCUT2D eigenvalue weighted by Crippen LogP contribution is -2.40. The number of ether oxygens (including phenoxy) is 5. The molecular weight excluding hydrogens is 780 g/mol. The van der Waals surface area contributed by atoms with Crippen molar-refractivity contribution in [2.75, 3.05) is 7.11 Å². The molecule has 4 atom stereocenters. The van der Waals surface area contributed by atoms with Crippen LogP contribution < -0.4 is 23.7 Å². The highest BCUT2D eigenvalue weighted by Gasteiger charge is 2.67. The van der Waals surface area contributed by atoms with Crippen LogP contribution in [0.2, 0.25) is 0 Å². The SMILES string of the molecule is COc1c(O)cc(/C=C\c2cc(O)cc3c2[C@@]2(C(=O)O3)c3c(O)cc(O)cc3O[C@H]2c2ccc(O)cc2)c2c1OC(=O)[C@@]21c2c(O)cc(O)cc2O[C@@H]1c1ccc(O)cc1. The third-order valence-electron chi connectivity index (χ3n) is 11.4. The van der Waals surface area contributed by atoms with Gasteiger partial charge in [0.1, 0.15) is 69.7 Å². The van der Waals surface area contributed by atoms with Crippen LogP contribution in [0.4, 0.5) is 0 Å². The number of hydrogen-bond acceptors (Lipinski definition) is 15. The molecule has 0 aromatic heterocycles. The molecule has 15 heteroatoms. The molecule has 6 aromatic rings. The zero-order valence-corrected chi connectivity index (χ0v) is 30.9. The maximum absolute atomic E-state index is 14.6. The minimum atomic E-state index is -2.04. The van der Waals surface area contributed by atoms with E-state index in [2.05, 4.69) is 0 Å². The number of hydrogen-bond donors (Lipinski definition) is 8. The molecule has 0 saturated carbocycles. The fourth-order valence-corrected chi connectivity index (χ4v) is 9.18. The molecule has 0 unspecified atom stereocenters. The molecule has 60 heavy (non-hydrogen) atoms. The molecule has 0 aliphatic carbocycles. The van der Waals surface area contributed by atoms with Gasteiger partial charge in [-0.25, -0.2) is 0 Å². The normalized spacial score (nSPS) is 21.6. The van der Waals surface area contributed by atoms with Gasteiger partial charge in [0, 0.05) is 41.5 Å². The van der Waals surface area contributed by atoms with E-state index in [0.717, 1.165) is 12.1 Å². The first-order valence-corrected chi connectivity index (χ1v) is 18.3. The second kappa shape index (κ2) is 12.4. The molecule has 15 nitrogen and oxygen atoms in total. The number of rotatable bonds is 5. The van der Waals surface area contributed by atoms with E-state index in [0.29, 0.717) is 11.1 Å². The summed E-state index contributed by atoms with van der Waals surface area (Å²) in [5.74, 6) is -5.17. The number of fused-ring (bicyclic) bond motifs is 8. The molecule has 4 aliphatic heterocycles. The smallest absolute Gasteiger partial charge is 0.331 e. The van der Waals surface area contributed by atoms with Crippen molar-refractivity contribution in [2.45, 2.75) is 23.0 Å². The van der Waals surface area contributed by atoms with Gasteiger partial charge in [0.25, 0.3) is 0 Å². The Hall–Kier alpha value is -8.20. The Balaban J connectivity index is 1.23. The minimum Gasteiger partial charge on any atom is -0.508 e. The lowest BCUT2D eigenvalue weighted by atomic mass is 9.68. The van der Waals surface area contributed by atoms with Gasteiger partial charge in [0.15, 0.2) is 22.3 Å². The van der Waals surface area contributed by atoms with E-state index in [1.807, 2.05) is 0 Å². The summed E-state index contributed by atoms with van der Waals surface area (Å²) in [4.78, 5) is 29.1. The molecule has 0 radical (unpaired) electrons. The minimum absolute atomic E-state index is 0.0418. The van der Waals surface area contributed by atoms with Crippen molar-refractivity contribution in [2.24, 2.45) is 0 Å². The first-order chi connectivity index (χ1) is 28.8. The fraction of sp³-hybridized carbons (Fsp3) is 0.111. The topological polar surface area (TPSA) is 242 Å². The average Bonchev–Trinajstić information content (AvgIpc) is 3.90. The van der Waals surface area contributed by atoms with Crippen LogP contribution in [0.3, 0.4) is 0 Å². The number of carbonyl (C=O) groups excluding carboxylic acids is 2. The predicted molar refractivity (Wildman–Crippen MR) is 207 cm³/mol. The van der Waals surface area contributed by atoms with Crippen LogP contribution in [-0.4, -0.2) is 59.9 Å². The lowest BCUT2D eigenvalue weighted by Gasteiger charge is -2.29. The van der Waals surface area contributed by atoms with E-state index < -0.39 is 52.2 Å². The molecular formula is C45H30O15. The van der Waals surface area contributed by atoms with Gasteiger partial charge in [0.05, 0.1) is 18.2 Å². The molecule has 4 aliphatic rings. The van der Waals surface area contributed by atoms with Crippen molar-refractivity contribution in [3.05, 3.63) is 136 Å². The quantitative estimate of drug-likeness (QED) is 0.0550. The summed E-state index contributed by atoms with van der Waals surface area (Å²) < 4.78 is 30.0. The van der Waals surface area contributed by atoms with Crippen LogP contribution in [0.1, 0.15) is 56.7 Å². The summed E-state index contributed by atoms with van der Waals surface area (Å²) >= 11 is 0. The molecule has 10 rings (SSSR count). The molecule has 0 amide bonds. The highest BCUT2D eigenvalue weighted by Crippen LogP contribution is 2.67. The first kappa shape index (κ1) is 36.2. The van der Waals surface area contributed by atoms with E-state index in [9.17, 15) is 50.4 Å². The third kappa shape index (κ3) is 4.70. The van der Waals surface area contributed by atoms with Crippen LogP contribution in [0.15, 0.2) is 91.0 Å². The van der Waals surface area contributed by atoms with Crippen molar-refractivity contribution < 1.29 is 74.1 Å². The molecule has 0 saturated heterocycles. The maximum Gasteiger partial charge on any atom is 0.331 e. The fourth-order valence-electron chi connectivity index (χ4n) is 9.18. The Labute approximate surface area is 338 Å². The predicted octanol–water partition coefficient (Wildman–Crippen LogP) is 6.19. The van der Waals surface area contributed by atoms with Crippen LogP contribution in [-0.2, 0) is 20.4 Å². The van der Waals surface area contributed by atoms with Gasteiger partial charge < -0.3 is 64.5 Å². The highest BCUT2D eigenvalue weighted by atomic mass is 16.6. The molecule has 2 spiro atoms. The number of aromatic hydroxyl groups is 8. The van der Waals surface area contributed by atoms with E-state index in [-0.39, 0.29) is 90.9 Å². The van der Waals surface area contributed by atoms with Gasteiger partial charge in [-0.15, -0.1) is 0 Å². The number of benzene rings is 6. The Morgan fingerprint density at radius 2 is 0.950 bits per heavy atom. The van der Waals surface area contributed by atoms with Crippen molar-refractivity contribution in [3.8, 4) is 74.7 Å². The monoisotopic (exact) mass is 810 g/mol. The van der Waals surface area contributed by atoms with E-state index >= 15 is 0 Å².